The average molecular weight is 246 g/mol. The summed E-state index contributed by atoms with van der Waals surface area (Å²) in [6.45, 7) is 1.21. The minimum Gasteiger partial charge on any atom is -0.468 e. The Bertz CT molecular complexity index is 317. The zero-order chi connectivity index (χ0) is 9.26. The SMILES string of the molecule is Nc1ncnc(OC2COC2)c1Br. The lowest BCUT2D eigenvalue weighted by Gasteiger charge is -2.26. The van der Waals surface area contributed by atoms with Gasteiger partial charge >= 0.3 is 0 Å². The first-order valence-corrected chi connectivity index (χ1v) is 4.57. The van der Waals surface area contributed by atoms with Crippen molar-refractivity contribution >= 4 is 21.7 Å². The molecule has 0 radical (unpaired) electrons. The number of ether oxygens (including phenoxy) is 2. The smallest absolute Gasteiger partial charge is 0.233 e. The summed E-state index contributed by atoms with van der Waals surface area (Å²) in [6.07, 6.45) is 1.46. The average Bonchev–Trinajstić information content (AvgIpc) is 2.04. The molecule has 0 saturated carbocycles. The predicted octanol–water partition coefficient (Wildman–Crippen LogP) is 0.599. The van der Waals surface area contributed by atoms with E-state index in [4.69, 9.17) is 15.2 Å². The van der Waals surface area contributed by atoms with Crippen molar-refractivity contribution in [1.29, 1.82) is 0 Å². The summed E-state index contributed by atoms with van der Waals surface area (Å²) in [4.78, 5) is 7.74. The van der Waals surface area contributed by atoms with Crippen LogP contribution in [0.3, 0.4) is 0 Å². The number of rotatable bonds is 2. The molecule has 1 aliphatic heterocycles. The third-order valence-corrected chi connectivity index (χ3v) is 2.42. The van der Waals surface area contributed by atoms with E-state index in [2.05, 4.69) is 25.9 Å². The van der Waals surface area contributed by atoms with Gasteiger partial charge < -0.3 is 15.2 Å². The fourth-order valence-electron chi connectivity index (χ4n) is 0.889. The van der Waals surface area contributed by atoms with Crippen LogP contribution in [0.25, 0.3) is 0 Å². The van der Waals surface area contributed by atoms with Gasteiger partial charge in [-0.15, -0.1) is 0 Å². The Balaban J connectivity index is 2.14. The van der Waals surface area contributed by atoms with Crippen molar-refractivity contribution in [3.8, 4) is 5.88 Å². The van der Waals surface area contributed by atoms with Crippen LogP contribution in [-0.2, 0) is 4.74 Å². The third-order valence-electron chi connectivity index (χ3n) is 1.67. The van der Waals surface area contributed by atoms with Crippen LogP contribution in [0.1, 0.15) is 0 Å². The van der Waals surface area contributed by atoms with Crippen LogP contribution in [-0.4, -0.2) is 29.3 Å². The number of halogens is 1. The topological polar surface area (TPSA) is 70.3 Å². The van der Waals surface area contributed by atoms with E-state index < -0.39 is 0 Å². The zero-order valence-electron chi connectivity index (χ0n) is 6.74. The van der Waals surface area contributed by atoms with Crippen molar-refractivity contribution < 1.29 is 9.47 Å². The molecule has 1 aromatic heterocycles. The summed E-state index contributed by atoms with van der Waals surface area (Å²) in [6, 6.07) is 0. The quantitative estimate of drug-likeness (QED) is 0.827. The van der Waals surface area contributed by atoms with E-state index in [9.17, 15) is 0 Å². The molecule has 0 spiro atoms. The monoisotopic (exact) mass is 245 g/mol. The fourth-order valence-corrected chi connectivity index (χ4v) is 1.19. The third kappa shape index (κ3) is 1.73. The van der Waals surface area contributed by atoms with Gasteiger partial charge in [0.15, 0.2) is 0 Å². The second kappa shape index (κ2) is 3.47. The summed E-state index contributed by atoms with van der Waals surface area (Å²) < 4.78 is 11.0. The zero-order valence-corrected chi connectivity index (χ0v) is 8.32. The molecule has 2 rings (SSSR count). The van der Waals surface area contributed by atoms with Crippen LogP contribution in [0.5, 0.6) is 5.88 Å². The Labute approximate surface area is 83.4 Å². The Morgan fingerprint density at radius 3 is 2.92 bits per heavy atom. The first-order valence-electron chi connectivity index (χ1n) is 3.77. The molecule has 2 N–H and O–H groups in total. The molecule has 13 heavy (non-hydrogen) atoms. The lowest BCUT2D eigenvalue weighted by molar-refractivity contribution is -0.0816. The molecule has 1 fully saturated rings. The van der Waals surface area contributed by atoms with Crippen LogP contribution in [0.4, 0.5) is 5.82 Å². The molecule has 0 atom stereocenters. The molecule has 2 heterocycles. The van der Waals surface area contributed by atoms with E-state index in [0.717, 1.165) is 0 Å². The minimum atomic E-state index is 0.0885. The number of hydrogen-bond acceptors (Lipinski definition) is 5. The van der Waals surface area contributed by atoms with Crippen molar-refractivity contribution in [2.24, 2.45) is 0 Å². The van der Waals surface area contributed by atoms with Crippen LogP contribution in [0.2, 0.25) is 0 Å². The van der Waals surface area contributed by atoms with Gasteiger partial charge in [-0.25, -0.2) is 9.97 Å². The Kier molecular flexibility index (Phi) is 2.32. The van der Waals surface area contributed by atoms with E-state index in [1.165, 1.54) is 6.33 Å². The fraction of sp³-hybridized carbons (Fsp3) is 0.429. The van der Waals surface area contributed by atoms with E-state index in [1.54, 1.807) is 0 Å². The van der Waals surface area contributed by atoms with Crippen LogP contribution < -0.4 is 10.5 Å². The summed E-state index contributed by atoms with van der Waals surface area (Å²) in [5.41, 5.74) is 5.55. The number of aromatic nitrogens is 2. The Morgan fingerprint density at radius 1 is 1.54 bits per heavy atom. The molecule has 0 amide bonds. The van der Waals surface area contributed by atoms with Gasteiger partial charge in [0, 0.05) is 0 Å². The molecule has 1 saturated heterocycles. The van der Waals surface area contributed by atoms with E-state index in [-0.39, 0.29) is 6.10 Å². The predicted molar refractivity (Wildman–Crippen MR) is 49.4 cm³/mol. The van der Waals surface area contributed by atoms with Crippen molar-refractivity contribution in [2.45, 2.75) is 6.10 Å². The maximum Gasteiger partial charge on any atom is 0.233 e. The van der Waals surface area contributed by atoms with E-state index in [1.807, 2.05) is 0 Å². The molecule has 0 bridgehead atoms. The van der Waals surface area contributed by atoms with Gasteiger partial charge in [0.1, 0.15) is 22.7 Å². The molecule has 5 nitrogen and oxygen atoms in total. The van der Waals surface area contributed by atoms with Crippen LogP contribution in [0, 0.1) is 0 Å². The summed E-state index contributed by atoms with van der Waals surface area (Å²) in [5, 5.41) is 0. The number of nitrogen functional groups attached to an aromatic ring is 1. The molecule has 0 unspecified atom stereocenters. The molecule has 0 aliphatic carbocycles. The molecule has 0 aromatic carbocycles. The second-order valence-corrected chi connectivity index (χ2v) is 3.45. The second-order valence-electron chi connectivity index (χ2n) is 2.66. The summed E-state index contributed by atoms with van der Waals surface area (Å²) >= 11 is 3.25. The maximum absolute atomic E-state index is 5.55. The molecule has 70 valence electrons. The van der Waals surface area contributed by atoms with Crippen molar-refractivity contribution in [3.63, 3.8) is 0 Å². The highest BCUT2D eigenvalue weighted by atomic mass is 79.9. The minimum absolute atomic E-state index is 0.0885. The van der Waals surface area contributed by atoms with E-state index in [0.29, 0.717) is 29.4 Å². The van der Waals surface area contributed by atoms with Gasteiger partial charge in [0.2, 0.25) is 5.88 Å². The van der Waals surface area contributed by atoms with Gasteiger partial charge in [0.25, 0.3) is 0 Å². The standard InChI is InChI=1S/C7H8BrN3O2/c8-5-6(9)10-3-11-7(5)13-4-1-12-2-4/h3-4H,1-2H2,(H2,9,10,11). The van der Waals surface area contributed by atoms with Crippen molar-refractivity contribution in [3.05, 3.63) is 10.8 Å². The first kappa shape index (κ1) is 8.71. The lowest BCUT2D eigenvalue weighted by atomic mass is 10.3. The van der Waals surface area contributed by atoms with Crippen LogP contribution >= 0.6 is 15.9 Å². The van der Waals surface area contributed by atoms with Gasteiger partial charge in [-0.1, -0.05) is 0 Å². The highest BCUT2D eigenvalue weighted by Gasteiger charge is 2.22. The van der Waals surface area contributed by atoms with Crippen molar-refractivity contribution in [1.82, 2.24) is 9.97 Å². The summed E-state index contributed by atoms with van der Waals surface area (Å²) in [7, 11) is 0. The van der Waals surface area contributed by atoms with Gasteiger partial charge in [-0.2, -0.15) is 0 Å². The van der Waals surface area contributed by atoms with Gasteiger partial charge in [-0.05, 0) is 15.9 Å². The van der Waals surface area contributed by atoms with Gasteiger partial charge in [-0.3, -0.25) is 0 Å². The summed E-state index contributed by atoms with van der Waals surface area (Å²) in [5.74, 6) is 0.853. The Hall–Kier alpha value is -0.880. The lowest BCUT2D eigenvalue weighted by Crippen LogP contribution is -2.38. The molecule has 1 aliphatic rings. The number of nitrogens with zero attached hydrogens (tertiary/aromatic N) is 2. The Morgan fingerprint density at radius 2 is 2.31 bits per heavy atom. The number of nitrogens with two attached hydrogens (primary N) is 1. The maximum atomic E-state index is 5.55. The highest BCUT2D eigenvalue weighted by Crippen LogP contribution is 2.27. The van der Waals surface area contributed by atoms with E-state index >= 15 is 0 Å². The molecular formula is C7H8BrN3O2. The number of hydrogen-bond donors (Lipinski definition) is 1. The van der Waals surface area contributed by atoms with Gasteiger partial charge in [0.05, 0.1) is 13.2 Å². The number of anilines is 1. The first-order chi connectivity index (χ1) is 6.27. The molecular weight excluding hydrogens is 238 g/mol. The highest BCUT2D eigenvalue weighted by molar-refractivity contribution is 9.10. The molecule has 6 heteroatoms. The van der Waals surface area contributed by atoms with Crippen LogP contribution in [0.15, 0.2) is 10.8 Å². The molecule has 1 aromatic rings. The van der Waals surface area contributed by atoms with Crippen molar-refractivity contribution in [2.75, 3.05) is 18.9 Å². The largest absolute Gasteiger partial charge is 0.468 e. The normalized spacial score (nSPS) is 16.7.